The number of nitrogens with one attached hydrogen (secondary N) is 2. The highest BCUT2D eigenvalue weighted by Crippen LogP contribution is 2.48. The summed E-state index contributed by atoms with van der Waals surface area (Å²) in [6.07, 6.45) is 2.27. The van der Waals surface area contributed by atoms with Crippen molar-refractivity contribution >= 4 is 23.5 Å². The van der Waals surface area contributed by atoms with Gasteiger partial charge in [0.25, 0.3) is 0 Å². The highest BCUT2D eigenvalue weighted by molar-refractivity contribution is 6.30. The van der Waals surface area contributed by atoms with Crippen LogP contribution in [0.4, 0.5) is 0 Å². The van der Waals surface area contributed by atoms with Crippen LogP contribution in [0.15, 0.2) is 29.3 Å². The summed E-state index contributed by atoms with van der Waals surface area (Å²) >= 11 is 6.11. The molecule has 126 valence electrons. The van der Waals surface area contributed by atoms with Crippen LogP contribution >= 0.6 is 11.6 Å². The van der Waals surface area contributed by atoms with Gasteiger partial charge in [0.05, 0.1) is 0 Å². The molecule has 23 heavy (non-hydrogen) atoms. The Labute approximate surface area is 143 Å². The van der Waals surface area contributed by atoms with Crippen LogP contribution in [-0.2, 0) is 10.2 Å². The molecule has 0 aliphatic heterocycles. The summed E-state index contributed by atoms with van der Waals surface area (Å²) in [4.78, 5) is 17.6. The van der Waals surface area contributed by atoms with Crippen molar-refractivity contribution in [3.63, 3.8) is 0 Å². The van der Waals surface area contributed by atoms with E-state index in [-0.39, 0.29) is 17.9 Å². The Balaban J connectivity index is 1.98. The van der Waals surface area contributed by atoms with Gasteiger partial charge < -0.3 is 15.5 Å². The Morgan fingerprint density at radius 3 is 2.65 bits per heavy atom. The molecule has 0 unspecified atom stereocenters. The van der Waals surface area contributed by atoms with Crippen LogP contribution in [0.5, 0.6) is 0 Å². The molecule has 0 saturated heterocycles. The highest BCUT2D eigenvalue weighted by atomic mass is 35.5. The number of amides is 1. The van der Waals surface area contributed by atoms with Crippen LogP contribution in [0.1, 0.15) is 25.3 Å². The van der Waals surface area contributed by atoms with E-state index in [4.69, 9.17) is 11.6 Å². The Morgan fingerprint density at radius 2 is 2.09 bits per heavy atom. The first-order valence-corrected chi connectivity index (χ1v) is 8.33. The first-order valence-electron chi connectivity index (χ1n) is 7.95. The van der Waals surface area contributed by atoms with E-state index in [0.717, 1.165) is 31.0 Å². The quantitative estimate of drug-likeness (QED) is 0.617. The fraction of sp³-hybridized carbons (Fsp3) is 0.529. The number of rotatable bonds is 6. The number of halogens is 1. The average molecular weight is 337 g/mol. The number of nitrogens with zero attached hydrogens (tertiary/aromatic N) is 2. The third-order valence-electron chi connectivity index (χ3n) is 4.10. The smallest absolute Gasteiger partial charge is 0.243 e. The Kier molecular flexibility index (Phi) is 5.88. The Bertz CT molecular complexity index is 582. The second-order valence-electron chi connectivity index (χ2n) is 6.13. The maximum Gasteiger partial charge on any atom is 0.243 e. The molecule has 1 aromatic carbocycles. The molecule has 0 bridgehead atoms. The maximum absolute atomic E-state index is 11.7. The molecule has 0 aromatic heterocycles. The van der Waals surface area contributed by atoms with Crippen LogP contribution in [0.25, 0.3) is 0 Å². The molecular weight excluding hydrogens is 312 g/mol. The van der Waals surface area contributed by atoms with E-state index in [1.807, 2.05) is 25.1 Å². The summed E-state index contributed by atoms with van der Waals surface area (Å²) in [5, 5.41) is 7.31. The molecule has 0 spiro atoms. The lowest BCUT2D eigenvalue weighted by Crippen LogP contribution is -2.42. The fourth-order valence-electron chi connectivity index (χ4n) is 2.42. The standard InChI is InChI=1S/C17H25ClN4O/c1-4-19-16(20-11-15(23)22(2)3)21-12-17(8-9-17)13-6-5-7-14(18)10-13/h5-7,10H,4,8-9,11-12H2,1-3H3,(H2,19,20,21). The molecule has 1 aliphatic rings. The predicted molar refractivity (Wildman–Crippen MR) is 95.0 cm³/mol. The molecule has 1 fully saturated rings. The Hall–Kier alpha value is -1.75. The van der Waals surface area contributed by atoms with Crippen molar-refractivity contribution < 1.29 is 4.79 Å². The number of aliphatic imine (C=N–C) groups is 1. The van der Waals surface area contributed by atoms with E-state index in [9.17, 15) is 4.79 Å². The lowest BCUT2D eigenvalue weighted by molar-refractivity contribution is -0.127. The zero-order valence-corrected chi connectivity index (χ0v) is 14.8. The van der Waals surface area contributed by atoms with Crippen LogP contribution in [0, 0.1) is 0 Å². The van der Waals surface area contributed by atoms with Gasteiger partial charge >= 0.3 is 0 Å². The first kappa shape index (κ1) is 17.6. The number of hydrogen-bond donors (Lipinski definition) is 2. The third-order valence-corrected chi connectivity index (χ3v) is 4.34. The number of carbonyl (C=O) groups excluding carboxylic acids is 1. The minimum Gasteiger partial charge on any atom is -0.357 e. The number of guanidine groups is 1. The summed E-state index contributed by atoms with van der Waals surface area (Å²) in [6.45, 7) is 3.70. The van der Waals surface area contributed by atoms with Gasteiger partial charge in [0.1, 0.15) is 6.54 Å². The Morgan fingerprint density at radius 1 is 1.35 bits per heavy atom. The van der Waals surface area contributed by atoms with Crippen LogP contribution in [0.2, 0.25) is 5.02 Å². The van der Waals surface area contributed by atoms with Gasteiger partial charge in [0.2, 0.25) is 5.91 Å². The summed E-state index contributed by atoms with van der Waals surface area (Å²) in [5.41, 5.74) is 1.39. The summed E-state index contributed by atoms with van der Waals surface area (Å²) in [6, 6.07) is 8.05. The molecule has 6 heteroatoms. The van der Waals surface area contributed by atoms with E-state index in [2.05, 4.69) is 21.7 Å². The molecule has 0 radical (unpaired) electrons. The minimum atomic E-state index is -0.0156. The van der Waals surface area contributed by atoms with Gasteiger partial charge in [-0.15, -0.1) is 0 Å². The van der Waals surface area contributed by atoms with Crippen molar-refractivity contribution in [3.8, 4) is 0 Å². The molecule has 2 rings (SSSR count). The summed E-state index contributed by atoms with van der Waals surface area (Å²) < 4.78 is 0. The zero-order valence-electron chi connectivity index (χ0n) is 14.0. The number of benzene rings is 1. The van der Waals surface area contributed by atoms with Crippen molar-refractivity contribution in [2.24, 2.45) is 4.99 Å². The number of likely N-dealkylation sites (N-methyl/N-ethyl adjacent to an activating group) is 1. The summed E-state index contributed by atoms with van der Waals surface area (Å²) in [7, 11) is 3.47. The van der Waals surface area contributed by atoms with E-state index >= 15 is 0 Å². The molecule has 0 atom stereocenters. The average Bonchev–Trinajstić information content (AvgIpc) is 3.31. The highest BCUT2D eigenvalue weighted by Gasteiger charge is 2.44. The van der Waals surface area contributed by atoms with Crippen molar-refractivity contribution in [1.29, 1.82) is 0 Å². The third kappa shape index (κ3) is 4.86. The molecule has 1 aliphatic carbocycles. The monoisotopic (exact) mass is 336 g/mol. The van der Waals surface area contributed by atoms with Gasteiger partial charge in [-0.05, 0) is 37.5 Å². The fourth-order valence-corrected chi connectivity index (χ4v) is 2.61. The van der Waals surface area contributed by atoms with Gasteiger partial charge in [0, 0.05) is 37.6 Å². The summed E-state index contributed by atoms with van der Waals surface area (Å²) in [5.74, 6) is 0.661. The SMILES string of the molecule is CCNC(=NCC(=O)N(C)C)NCC1(c2cccc(Cl)c2)CC1. The normalized spacial score (nSPS) is 15.9. The number of hydrogen-bond acceptors (Lipinski definition) is 2. The van der Waals surface area contributed by atoms with E-state index in [0.29, 0.717) is 5.96 Å². The molecule has 1 saturated carbocycles. The minimum absolute atomic E-state index is 0.0156. The van der Waals surface area contributed by atoms with Crippen molar-refractivity contribution in [3.05, 3.63) is 34.9 Å². The first-order chi connectivity index (χ1) is 11.0. The largest absolute Gasteiger partial charge is 0.357 e. The zero-order chi connectivity index (χ0) is 16.9. The molecule has 1 amide bonds. The molecule has 2 N–H and O–H groups in total. The van der Waals surface area contributed by atoms with Crippen molar-refractivity contribution in [1.82, 2.24) is 15.5 Å². The maximum atomic E-state index is 11.7. The lowest BCUT2D eigenvalue weighted by Gasteiger charge is -2.19. The van der Waals surface area contributed by atoms with Gasteiger partial charge in [0.15, 0.2) is 5.96 Å². The molecule has 0 heterocycles. The van der Waals surface area contributed by atoms with Crippen molar-refractivity contribution in [2.75, 3.05) is 33.7 Å². The van der Waals surface area contributed by atoms with E-state index in [1.165, 1.54) is 5.56 Å². The van der Waals surface area contributed by atoms with Crippen LogP contribution in [0.3, 0.4) is 0 Å². The van der Waals surface area contributed by atoms with Gasteiger partial charge in [-0.2, -0.15) is 0 Å². The van der Waals surface area contributed by atoms with Crippen LogP contribution < -0.4 is 10.6 Å². The molecular formula is C17H25ClN4O. The van der Waals surface area contributed by atoms with Gasteiger partial charge in [-0.1, -0.05) is 23.7 Å². The molecule has 1 aromatic rings. The van der Waals surface area contributed by atoms with Crippen molar-refractivity contribution in [2.45, 2.75) is 25.2 Å². The molecule has 5 nitrogen and oxygen atoms in total. The van der Waals surface area contributed by atoms with Gasteiger partial charge in [-0.3, -0.25) is 4.79 Å². The van der Waals surface area contributed by atoms with Gasteiger partial charge in [-0.25, -0.2) is 4.99 Å². The number of carbonyl (C=O) groups is 1. The second kappa shape index (κ2) is 7.68. The van der Waals surface area contributed by atoms with Crippen LogP contribution in [-0.4, -0.2) is 50.5 Å². The second-order valence-corrected chi connectivity index (χ2v) is 6.56. The topological polar surface area (TPSA) is 56.7 Å². The van der Waals surface area contributed by atoms with E-state index < -0.39 is 0 Å². The van der Waals surface area contributed by atoms with E-state index in [1.54, 1.807) is 19.0 Å². The predicted octanol–water partition coefficient (Wildman–Crippen LogP) is 2.01. The lowest BCUT2D eigenvalue weighted by atomic mass is 9.96.